The van der Waals surface area contributed by atoms with E-state index in [1.54, 1.807) is 4.63 Å². The fourth-order valence-corrected chi connectivity index (χ4v) is 1.24. The molecule has 0 aliphatic rings. The largest absolute Gasteiger partial charge is 0.394 e. The number of nitrogens with two attached hydrogens (primary N) is 2. The molecule has 70 valence electrons. The molecule has 0 radical (unpaired) electrons. The van der Waals surface area contributed by atoms with Crippen molar-refractivity contribution in [2.24, 2.45) is 5.73 Å². The Hall–Kier alpha value is -1.56. The van der Waals surface area contributed by atoms with Crippen molar-refractivity contribution in [2.45, 2.75) is 13.3 Å². The Morgan fingerprint density at radius 1 is 1.54 bits per heavy atom. The Morgan fingerprint density at radius 2 is 2.31 bits per heavy atom. The molecule has 13 heavy (non-hydrogen) atoms. The van der Waals surface area contributed by atoms with E-state index in [1.165, 1.54) is 0 Å². The Bertz CT molecular complexity index is 425. The lowest BCUT2D eigenvalue weighted by molar-refractivity contribution is 0.766. The molecule has 0 spiro atoms. The summed E-state index contributed by atoms with van der Waals surface area (Å²) in [5.74, 6) is 0.816. The average molecular weight is 180 g/mol. The highest BCUT2D eigenvalue weighted by atomic mass is 15.5. The summed E-state index contributed by atoms with van der Waals surface area (Å²) in [7, 11) is 0. The van der Waals surface area contributed by atoms with Crippen LogP contribution in [-0.4, -0.2) is 26.4 Å². The quantitative estimate of drug-likeness (QED) is 0.577. The molecular formula is C7H12N6. The zero-order valence-corrected chi connectivity index (χ0v) is 7.41. The van der Waals surface area contributed by atoms with Crippen molar-refractivity contribution < 1.29 is 0 Å². The SMILES string of the molecule is Cc1nn2[nH]c(CCN)nc2c1N. The smallest absolute Gasteiger partial charge is 0.198 e. The first kappa shape index (κ1) is 8.06. The molecule has 2 aromatic rings. The second-order valence-corrected chi connectivity index (χ2v) is 2.94. The predicted molar refractivity (Wildman–Crippen MR) is 49.2 cm³/mol. The number of hydrogen-bond acceptors (Lipinski definition) is 4. The van der Waals surface area contributed by atoms with Gasteiger partial charge in [0.1, 0.15) is 11.5 Å². The van der Waals surface area contributed by atoms with Crippen molar-refractivity contribution >= 4 is 11.3 Å². The zero-order chi connectivity index (χ0) is 9.42. The standard InChI is InChI=1S/C7H12N6/c1-4-6(9)7-10-5(2-3-8)12-13(7)11-4/h2-3,8-9H2,1H3,(H,10,12). The number of aromatic nitrogens is 4. The molecule has 0 saturated carbocycles. The molecule has 0 unspecified atom stereocenters. The Morgan fingerprint density at radius 3 is 2.92 bits per heavy atom. The van der Waals surface area contributed by atoms with E-state index in [0.29, 0.717) is 24.3 Å². The van der Waals surface area contributed by atoms with Gasteiger partial charge in [0.15, 0.2) is 5.65 Å². The Labute approximate surface area is 74.9 Å². The van der Waals surface area contributed by atoms with Crippen LogP contribution in [0, 0.1) is 6.92 Å². The number of nitrogens with zero attached hydrogens (tertiary/aromatic N) is 3. The van der Waals surface area contributed by atoms with E-state index < -0.39 is 0 Å². The fourth-order valence-electron chi connectivity index (χ4n) is 1.24. The minimum Gasteiger partial charge on any atom is -0.394 e. The lowest BCUT2D eigenvalue weighted by atomic mass is 10.4. The highest BCUT2D eigenvalue weighted by molar-refractivity contribution is 5.66. The molecule has 0 aromatic carbocycles. The van der Waals surface area contributed by atoms with Gasteiger partial charge in [0.25, 0.3) is 0 Å². The zero-order valence-electron chi connectivity index (χ0n) is 7.41. The Balaban J connectivity index is 2.52. The molecule has 0 fully saturated rings. The van der Waals surface area contributed by atoms with Crippen LogP contribution in [0.2, 0.25) is 0 Å². The van der Waals surface area contributed by atoms with Gasteiger partial charge in [0.2, 0.25) is 0 Å². The van der Waals surface area contributed by atoms with E-state index in [4.69, 9.17) is 11.5 Å². The second kappa shape index (κ2) is 2.74. The summed E-state index contributed by atoms with van der Waals surface area (Å²) in [6.45, 7) is 2.41. The molecule has 2 rings (SSSR count). The van der Waals surface area contributed by atoms with Crippen LogP contribution in [-0.2, 0) is 6.42 Å². The summed E-state index contributed by atoms with van der Waals surface area (Å²) >= 11 is 0. The minimum absolute atomic E-state index is 0.565. The molecule has 0 aliphatic heterocycles. The number of anilines is 1. The molecule has 5 N–H and O–H groups in total. The van der Waals surface area contributed by atoms with Crippen molar-refractivity contribution in [1.29, 1.82) is 0 Å². The van der Waals surface area contributed by atoms with E-state index >= 15 is 0 Å². The van der Waals surface area contributed by atoms with Gasteiger partial charge in [0, 0.05) is 6.42 Å². The number of aryl methyl sites for hydroxylation is 1. The average Bonchev–Trinajstić information content (AvgIpc) is 2.56. The van der Waals surface area contributed by atoms with Gasteiger partial charge in [-0.1, -0.05) is 0 Å². The lowest BCUT2D eigenvalue weighted by Gasteiger charge is -1.88. The molecule has 0 saturated heterocycles. The first-order valence-corrected chi connectivity index (χ1v) is 4.12. The van der Waals surface area contributed by atoms with Crippen molar-refractivity contribution in [3.05, 3.63) is 11.5 Å². The van der Waals surface area contributed by atoms with Gasteiger partial charge in [-0.05, 0) is 13.5 Å². The van der Waals surface area contributed by atoms with Crippen LogP contribution in [0.15, 0.2) is 0 Å². The third-order valence-electron chi connectivity index (χ3n) is 1.94. The summed E-state index contributed by atoms with van der Waals surface area (Å²) in [5, 5.41) is 7.14. The van der Waals surface area contributed by atoms with E-state index in [1.807, 2.05) is 6.92 Å². The topological polar surface area (TPSA) is 98.0 Å². The monoisotopic (exact) mass is 180 g/mol. The number of fused-ring (bicyclic) bond motifs is 1. The summed E-state index contributed by atoms with van der Waals surface area (Å²) < 4.78 is 1.58. The highest BCUT2D eigenvalue weighted by Gasteiger charge is 2.09. The van der Waals surface area contributed by atoms with Gasteiger partial charge in [-0.2, -0.15) is 9.73 Å². The second-order valence-electron chi connectivity index (χ2n) is 2.94. The molecule has 0 amide bonds. The van der Waals surface area contributed by atoms with Crippen LogP contribution >= 0.6 is 0 Å². The molecule has 0 bridgehead atoms. The molecule has 2 heterocycles. The van der Waals surface area contributed by atoms with Crippen LogP contribution in [0.3, 0.4) is 0 Å². The Kier molecular flexibility index (Phi) is 1.70. The number of H-pyrrole nitrogens is 1. The number of aromatic amines is 1. The van der Waals surface area contributed by atoms with E-state index in [2.05, 4.69) is 15.2 Å². The maximum absolute atomic E-state index is 5.75. The number of rotatable bonds is 2. The highest BCUT2D eigenvalue weighted by Crippen LogP contribution is 2.14. The van der Waals surface area contributed by atoms with Gasteiger partial charge < -0.3 is 11.5 Å². The maximum atomic E-state index is 5.75. The van der Waals surface area contributed by atoms with Crippen LogP contribution in [0.5, 0.6) is 0 Å². The molecule has 6 nitrogen and oxygen atoms in total. The van der Waals surface area contributed by atoms with Gasteiger partial charge in [-0.3, -0.25) is 5.10 Å². The third-order valence-corrected chi connectivity index (χ3v) is 1.94. The van der Waals surface area contributed by atoms with Crippen molar-refractivity contribution in [2.75, 3.05) is 12.3 Å². The van der Waals surface area contributed by atoms with Crippen molar-refractivity contribution in [3.63, 3.8) is 0 Å². The number of nitrogens with one attached hydrogen (secondary N) is 1. The van der Waals surface area contributed by atoms with E-state index in [0.717, 1.165) is 11.5 Å². The molecule has 2 aromatic heterocycles. The number of hydrogen-bond donors (Lipinski definition) is 3. The van der Waals surface area contributed by atoms with E-state index in [9.17, 15) is 0 Å². The van der Waals surface area contributed by atoms with Crippen LogP contribution in [0.1, 0.15) is 11.5 Å². The first-order chi connectivity index (χ1) is 6.22. The van der Waals surface area contributed by atoms with Crippen molar-refractivity contribution in [1.82, 2.24) is 19.8 Å². The van der Waals surface area contributed by atoms with Gasteiger partial charge in [-0.15, -0.1) is 0 Å². The van der Waals surface area contributed by atoms with Crippen molar-refractivity contribution in [3.8, 4) is 0 Å². The van der Waals surface area contributed by atoms with Crippen LogP contribution in [0.25, 0.3) is 5.65 Å². The van der Waals surface area contributed by atoms with Gasteiger partial charge >= 0.3 is 0 Å². The summed E-state index contributed by atoms with van der Waals surface area (Å²) in [6.07, 6.45) is 0.710. The van der Waals surface area contributed by atoms with Gasteiger partial charge in [-0.25, -0.2) is 4.98 Å². The van der Waals surface area contributed by atoms with Crippen LogP contribution in [0.4, 0.5) is 5.69 Å². The summed E-state index contributed by atoms with van der Waals surface area (Å²) in [4.78, 5) is 4.26. The first-order valence-electron chi connectivity index (χ1n) is 4.12. The van der Waals surface area contributed by atoms with Crippen LogP contribution < -0.4 is 11.5 Å². The van der Waals surface area contributed by atoms with Gasteiger partial charge in [0.05, 0.1) is 5.69 Å². The molecule has 6 heteroatoms. The van der Waals surface area contributed by atoms with E-state index in [-0.39, 0.29) is 0 Å². The summed E-state index contributed by atoms with van der Waals surface area (Å²) in [6, 6.07) is 0. The fraction of sp³-hybridized carbons (Fsp3) is 0.429. The number of nitrogen functional groups attached to an aromatic ring is 1. The normalized spacial score (nSPS) is 11.2. The minimum atomic E-state index is 0.565. The molecule has 0 atom stereocenters. The lowest BCUT2D eigenvalue weighted by Crippen LogP contribution is -2.04. The predicted octanol–water partition coefficient (Wildman–Crippen LogP) is -0.551. The molecule has 0 aliphatic carbocycles. The molecular weight excluding hydrogens is 168 g/mol. The maximum Gasteiger partial charge on any atom is 0.198 e. The third kappa shape index (κ3) is 1.15. The summed E-state index contributed by atoms with van der Waals surface area (Å²) in [5.41, 5.74) is 13.2.